The van der Waals surface area contributed by atoms with Crippen LogP contribution in [-0.4, -0.2) is 24.0 Å². The van der Waals surface area contributed by atoms with E-state index >= 15 is 0 Å². The van der Waals surface area contributed by atoms with Crippen LogP contribution in [0.5, 0.6) is 0 Å². The number of rotatable bonds is 5. The average Bonchev–Trinajstić information content (AvgIpc) is 2.48. The number of nitrogens with zero attached hydrogens (tertiary/aromatic N) is 1. The van der Waals surface area contributed by atoms with Gasteiger partial charge in [0.15, 0.2) is 0 Å². The van der Waals surface area contributed by atoms with Crippen molar-refractivity contribution in [2.24, 2.45) is 11.7 Å². The third-order valence-electron chi connectivity index (χ3n) is 4.61. The standard InChI is InChI=1S/C17H28N2/c1-3-14-5-7-16(8-6-14)13-19-10-9-15(4-2)11-17(19)12-18/h5-8,15,17H,3-4,9-13,18H2,1-2H3. The van der Waals surface area contributed by atoms with Crippen LogP contribution in [0.1, 0.15) is 44.2 Å². The van der Waals surface area contributed by atoms with Gasteiger partial charge in [-0.15, -0.1) is 0 Å². The molecular weight excluding hydrogens is 232 g/mol. The normalized spacial score (nSPS) is 24.6. The number of benzene rings is 1. The molecule has 2 N–H and O–H groups in total. The van der Waals surface area contributed by atoms with Gasteiger partial charge in [0, 0.05) is 19.1 Å². The van der Waals surface area contributed by atoms with Crippen LogP contribution in [0.25, 0.3) is 0 Å². The average molecular weight is 260 g/mol. The molecule has 2 atom stereocenters. The Hall–Kier alpha value is -0.860. The summed E-state index contributed by atoms with van der Waals surface area (Å²) in [5.74, 6) is 0.882. The van der Waals surface area contributed by atoms with Crippen LogP contribution >= 0.6 is 0 Å². The van der Waals surface area contributed by atoms with E-state index in [-0.39, 0.29) is 0 Å². The van der Waals surface area contributed by atoms with Gasteiger partial charge in [-0.2, -0.15) is 0 Å². The summed E-state index contributed by atoms with van der Waals surface area (Å²) in [4.78, 5) is 2.58. The lowest BCUT2D eigenvalue weighted by Gasteiger charge is -2.39. The Kier molecular flexibility index (Phi) is 5.41. The Morgan fingerprint density at radius 2 is 1.84 bits per heavy atom. The summed E-state index contributed by atoms with van der Waals surface area (Å²) in [5, 5.41) is 0. The van der Waals surface area contributed by atoms with Gasteiger partial charge in [0.1, 0.15) is 0 Å². The van der Waals surface area contributed by atoms with E-state index in [4.69, 9.17) is 5.73 Å². The van der Waals surface area contributed by atoms with Crippen LogP contribution in [0.2, 0.25) is 0 Å². The number of likely N-dealkylation sites (tertiary alicyclic amines) is 1. The van der Waals surface area contributed by atoms with Crippen molar-refractivity contribution in [3.63, 3.8) is 0 Å². The molecule has 1 aliphatic rings. The molecule has 1 saturated heterocycles. The first kappa shape index (κ1) is 14.5. The summed E-state index contributed by atoms with van der Waals surface area (Å²) in [7, 11) is 0. The van der Waals surface area contributed by atoms with Crippen molar-refractivity contribution in [1.29, 1.82) is 0 Å². The van der Waals surface area contributed by atoms with E-state index in [1.165, 1.54) is 36.9 Å². The molecule has 1 aliphatic heterocycles. The van der Waals surface area contributed by atoms with E-state index in [0.29, 0.717) is 6.04 Å². The summed E-state index contributed by atoms with van der Waals surface area (Å²) in [6, 6.07) is 9.64. The van der Waals surface area contributed by atoms with Crippen LogP contribution in [0.4, 0.5) is 0 Å². The second-order valence-corrected chi connectivity index (χ2v) is 5.83. The molecule has 0 bridgehead atoms. The van der Waals surface area contributed by atoms with Gasteiger partial charge in [-0.25, -0.2) is 0 Å². The van der Waals surface area contributed by atoms with Crippen molar-refractivity contribution < 1.29 is 0 Å². The minimum Gasteiger partial charge on any atom is -0.329 e. The number of aryl methyl sites for hydroxylation is 1. The van der Waals surface area contributed by atoms with Crippen molar-refractivity contribution in [3.8, 4) is 0 Å². The Balaban J connectivity index is 1.96. The number of nitrogens with two attached hydrogens (primary N) is 1. The Bertz CT molecular complexity index is 371. The molecule has 2 nitrogen and oxygen atoms in total. The van der Waals surface area contributed by atoms with Gasteiger partial charge in [0.05, 0.1) is 0 Å². The molecule has 1 aromatic rings. The first-order chi connectivity index (χ1) is 9.26. The van der Waals surface area contributed by atoms with Crippen LogP contribution in [-0.2, 0) is 13.0 Å². The summed E-state index contributed by atoms with van der Waals surface area (Å²) >= 11 is 0. The fraction of sp³-hybridized carbons (Fsp3) is 0.647. The van der Waals surface area contributed by atoms with Crippen molar-refractivity contribution in [1.82, 2.24) is 4.90 Å². The predicted octanol–water partition coefficient (Wildman–Crippen LogP) is 3.20. The van der Waals surface area contributed by atoms with Gasteiger partial charge < -0.3 is 5.73 Å². The van der Waals surface area contributed by atoms with Crippen molar-refractivity contribution in [3.05, 3.63) is 35.4 Å². The van der Waals surface area contributed by atoms with Crippen LogP contribution in [0, 0.1) is 5.92 Å². The second-order valence-electron chi connectivity index (χ2n) is 5.83. The minimum atomic E-state index is 0.574. The molecule has 0 aromatic heterocycles. The fourth-order valence-corrected chi connectivity index (χ4v) is 3.12. The Morgan fingerprint density at radius 1 is 1.16 bits per heavy atom. The lowest BCUT2D eigenvalue weighted by atomic mass is 9.88. The molecule has 1 aromatic carbocycles. The van der Waals surface area contributed by atoms with Crippen molar-refractivity contribution in [2.45, 2.75) is 52.1 Å². The van der Waals surface area contributed by atoms with Gasteiger partial charge in [0.25, 0.3) is 0 Å². The zero-order valence-electron chi connectivity index (χ0n) is 12.4. The van der Waals surface area contributed by atoms with Gasteiger partial charge >= 0.3 is 0 Å². The summed E-state index contributed by atoms with van der Waals surface area (Å²) in [5.41, 5.74) is 8.81. The zero-order valence-corrected chi connectivity index (χ0v) is 12.4. The molecule has 106 valence electrons. The molecule has 0 radical (unpaired) electrons. The summed E-state index contributed by atoms with van der Waals surface area (Å²) in [6.45, 7) is 7.56. The first-order valence-corrected chi connectivity index (χ1v) is 7.78. The molecular formula is C17H28N2. The van der Waals surface area contributed by atoms with E-state index in [0.717, 1.165) is 25.4 Å². The Morgan fingerprint density at radius 3 is 2.42 bits per heavy atom. The van der Waals surface area contributed by atoms with E-state index in [9.17, 15) is 0 Å². The molecule has 19 heavy (non-hydrogen) atoms. The van der Waals surface area contributed by atoms with E-state index in [1.54, 1.807) is 0 Å². The number of hydrogen-bond donors (Lipinski definition) is 1. The van der Waals surface area contributed by atoms with Gasteiger partial charge in [-0.05, 0) is 42.9 Å². The molecule has 2 rings (SSSR count). The molecule has 2 heteroatoms. The molecule has 0 spiro atoms. The summed E-state index contributed by atoms with van der Waals surface area (Å²) < 4.78 is 0. The Labute approximate surface area is 118 Å². The molecule has 2 unspecified atom stereocenters. The first-order valence-electron chi connectivity index (χ1n) is 7.78. The zero-order chi connectivity index (χ0) is 13.7. The highest BCUT2D eigenvalue weighted by Gasteiger charge is 2.26. The third kappa shape index (κ3) is 3.80. The largest absolute Gasteiger partial charge is 0.329 e. The second kappa shape index (κ2) is 7.06. The lowest BCUT2D eigenvalue weighted by Crippen LogP contribution is -2.45. The van der Waals surface area contributed by atoms with Crippen LogP contribution < -0.4 is 5.73 Å². The van der Waals surface area contributed by atoms with Crippen LogP contribution in [0.3, 0.4) is 0 Å². The maximum Gasteiger partial charge on any atom is 0.0237 e. The van der Waals surface area contributed by atoms with Crippen LogP contribution in [0.15, 0.2) is 24.3 Å². The number of hydrogen-bond acceptors (Lipinski definition) is 2. The molecule has 1 heterocycles. The smallest absolute Gasteiger partial charge is 0.0237 e. The highest BCUT2D eigenvalue weighted by molar-refractivity contribution is 5.22. The van der Waals surface area contributed by atoms with E-state index in [2.05, 4.69) is 43.0 Å². The fourth-order valence-electron chi connectivity index (χ4n) is 3.12. The van der Waals surface area contributed by atoms with Gasteiger partial charge in [-0.3, -0.25) is 4.90 Å². The molecule has 1 fully saturated rings. The molecule has 0 aliphatic carbocycles. The summed E-state index contributed by atoms with van der Waals surface area (Å²) in [6.07, 6.45) is 5.03. The topological polar surface area (TPSA) is 29.3 Å². The monoisotopic (exact) mass is 260 g/mol. The highest BCUT2D eigenvalue weighted by Crippen LogP contribution is 2.26. The predicted molar refractivity (Wildman–Crippen MR) is 82.1 cm³/mol. The highest BCUT2D eigenvalue weighted by atomic mass is 15.2. The van der Waals surface area contributed by atoms with Crippen molar-refractivity contribution in [2.75, 3.05) is 13.1 Å². The van der Waals surface area contributed by atoms with Crippen molar-refractivity contribution >= 4 is 0 Å². The van der Waals surface area contributed by atoms with Gasteiger partial charge in [-0.1, -0.05) is 44.5 Å². The molecule has 0 saturated carbocycles. The maximum absolute atomic E-state index is 5.97. The van der Waals surface area contributed by atoms with Gasteiger partial charge in [0.2, 0.25) is 0 Å². The minimum absolute atomic E-state index is 0.574. The maximum atomic E-state index is 5.97. The lowest BCUT2D eigenvalue weighted by molar-refractivity contribution is 0.107. The number of piperidine rings is 1. The van der Waals surface area contributed by atoms with E-state index < -0.39 is 0 Å². The quantitative estimate of drug-likeness (QED) is 0.881. The third-order valence-corrected chi connectivity index (χ3v) is 4.61. The molecule has 0 amide bonds. The van der Waals surface area contributed by atoms with E-state index in [1.807, 2.05) is 0 Å². The SMILES string of the molecule is CCc1ccc(CN2CCC(CC)CC2CN)cc1.